The second kappa shape index (κ2) is 6.54. The highest BCUT2D eigenvalue weighted by atomic mass is 15.3. The maximum absolute atomic E-state index is 4.60. The molecule has 21 heavy (non-hydrogen) atoms. The van der Waals surface area contributed by atoms with E-state index in [1.165, 1.54) is 11.1 Å². The number of hydrogen-bond donors (Lipinski definition) is 2. The Morgan fingerprint density at radius 3 is 2.67 bits per heavy atom. The third-order valence-corrected chi connectivity index (χ3v) is 3.65. The number of aryl methyl sites for hydroxylation is 1. The summed E-state index contributed by atoms with van der Waals surface area (Å²) in [6.07, 6.45) is 1.82. The first-order valence-electron chi connectivity index (χ1n) is 7.39. The Balaban J connectivity index is 1.64. The predicted molar refractivity (Wildman–Crippen MR) is 85.6 cm³/mol. The first kappa shape index (κ1) is 13.8. The van der Waals surface area contributed by atoms with Gasteiger partial charge >= 0.3 is 0 Å². The van der Waals surface area contributed by atoms with Gasteiger partial charge in [0, 0.05) is 38.9 Å². The SMILES string of the molecule is Cc1ccc(CNc2nccc(N3CCNCC3)n2)cc1. The standard InChI is InChI=1S/C16H21N5/c1-13-2-4-14(5-3-13)12-19-16-18-7-6-15(20-16)21-10-8-17-9-11-21/h2-7,17H,8-12H2,1H3,(H,18,19,20). The van der Waals surface area contributed by atoms with Crippen LogP contribution in [-0.2, 0) is 6.54 Å². The van der Waals surface area contributed by atoms with Crippen molar-refractivity contribution in [2.24, 2.45) is 0 Å². The molecule has 1 aliphatic heterocycles. The molecule has 1 fully saturated rings. The van der Waals surface area contributed by atoms with Crippen LogP contribution in [0.4, 0.5) is 11.8 Å². The van der Waals surface area contributed by atoms with Crippen molar-refractivity contribution in [3.8, 4) is 0 Å². The lowest BCUT2D eigenvalue weighted by Gasteiger charge is -2.28. The number of hydrogen-bond acceptors (Lipinski definition) is 5. The van der Waals surface area contributed by atoms with Crippen LogP contribution in [0.3, 0.4) is 0 Å². The Morgan fingerprint density at radius 1 is 1.14 bits per heavy atom. The molecule has 2 aromatic rings. The summed E-state index contributed by atoms with van der Waals surface area (Å²) >= 11 is 0. The van der Waals surface area contributed by atoms with Gasteiger partial charge < -0.3 is 15.5 Å². The molecule has 1 saturated heterocycles. The summed E-state index contributed by atoms with van der Waals surface area (Å²) in [5, 5.41) is 6.64. The van der Waals surface area contributed by atoms with Gasteiger partial charge in [-0.15, -0.1) is 0 Å². The van der Waals surface area contributed by atoms with E-state index in [1.807, 2.05) is 12.3 Å². The highest BCUT2D eigenvalue weighted by molar-refractivity contribution is 5.43. The maximum Gasteiger partial charge on any atom is 0.224 e. The van der Waals surface area contributed by atoms with Crippen LogP contribution in [0.25, 0.3) is 0 Å². The van der Waals surface area contributed by atoms with E-state index in [2.05, 4.69) is 56.7 Å². The molecule has 2 N–H and O–H groups in total. The molecule has 0 unspecified atom stereocenters. The van der Waals surface area contributed by atoms with Gasteiger partial charge in [-0.1, -0.05) is 29.8 Å². The van der Waals surface area contributed by atoms with E-state index in [0.29, 0.717) is 5.95 Å². The topological polar surface area (TPSA) is 53.1 Å². The van der Waals surface area contributed by atoms with Crippen molar-refractivity contribution in [1.29, 1.82) is 0 Å². The Kier molecular flexibility index (Phi) is 4.31. The molecule has 0 spiro atoms. The zero-order chi connectivity index (χ0) is 14.5. The van der Waals surface area contributed by atoms with Gasteiger partial charge in [0.15, 0.2) is 0 Å². The number of piperazine rings is 1. The first-order chi connectivity index (χ1) is 10.3. The molecule has 3 rings (SSSR count). The molecule has 1 aliphatic rings. The van der Waals surface area contributed by atoms with Crippen LogP contribution in [0.15, 0.2) is 36.5 Å². The van der Waals surface area contributed by atoms with Crippen molar-refractivity contribution < 1.29 is 0 Å². The highest BCUT2D eigenvalue weighted by Crippen LogP contribution is 2.13. The average Bonchev–Trinajstić information content (AvgIpc) is 2.55. The lowest BCUT2D eigenvalue weighted by molar-refractivity contribution is 0.584. The summed E-state index contributed by atoms with van der Waals surface area (Å²) in [6.45, 7) is 6.84. The summed E-state index contributed by atoms with van der Waals surface area (Å²) in [7, 11) is 0. The fourth-order valence-corrected chi connectivity index (χ4v) is 2.39. The van der Waals surface area contributed by atoms with E-state index in [0.717, 1.165) is 38.5 Å². The molecule has 0 aliphatic carbocycles. The minimum Gasteiger partial charge on any atom is -0.354 e. The van der Waals surface area contributed by atoms with Gasteiger partial charge in [0.25, 0.3) is 0 Å². The van der Waals surface area contributed by atoms with Crippen molar-refractivity contribution in [2.75, 3.05) is 36.4 Å². The molecule has 0 saturated carbocycles. The van der Waals surface area contributed by atoms with Crippen LogP contribution >= 0.6 is 0 Å². The van der Waals surface area contributed by atoms with Crippen LogP contribution in [0.5, 0.6) is 0 Å². The van der Waals surface area contributed by atoms with Crippen LogP contribution in [0.1, 0.15) is 11.1 Å². The van der Waals surface area contributed by atoms with Crippen LogP contribution in [-0.4, -0.2) is 36.1 Å². The Hall–Kier alpha value is -2.14. The van der Waals surface area contributed by atoms with E-state index >= 15 is 0 Å². The Labute approximate surface area is 125 Å². The summed E-state index contributed by atoms with van der Waals surface area (Å²) in [5.41, 5.74) is 2.51. The number of nitrogens with one attached hydrogen (secondary N) is 2. The molecule has 5 heteroatoms. The molecular weight excluding hydrogens is 262 g/mol. The molecule has 2 heterocycles. The van der Waals surface area contributed by atoms with E-state index in [1.54, 1.807) is 0 Å². The molecule has 5 nitrogen and oxygen atoms in total. The number of aromatic nitrogens is 2. The quantitative estimate of drug-likeness (QED) is 0.896. The summed E-state index contributed by atoms with van der Waals surface area (Å²) in [6, 6.07) is 10.5. The van der Waals surface area contributed by atoms with Gasteiger partial charge in [0.1, 0.15) is 5.82 Å². The van der Waals surface area contributed by atoms with Gasteiger partial charge in [-0.2, -0.15) is 4.98 Å². The zero-order valence-corrected chi connectivity index (χ0v) is 12.3. The van der Waals surface area contributed by atoms with E-state index in [-0.39, 0.29) is 0 Å². The fourth-order valence-electron chi connectivity index (χ4n) is 2.39. The largest absolute Gasteiger partial charge is 0.354 e. The fraction of sp³-hybridized carbons (Fsp3) is 0.375. The highest BCUT2D eigenvalue weighted by Gasteiger charge is 2.12. The summed E-state index contributed by atoms with van der Waals surface area (Å²) in [5.74, 6) is 1.68. The normalized spacial score (nSPS) is 15.0. The molecular formula is C16H21N5. The zero-order valence-electron chi connectivity index (χ0n) is 12.3. The van der Waals surface area contributed by atoms with E-state index in [4.69, 9.17) is 0 Å². The molecule has 0 amide bonds. The lowest BCUT2D eigenvalue weighted by Crippen LogP contribution is -2.43. The van der Waals surface area contributed by atoms with Crippen molar-refractivity contribution in [2.45, 2.75) is 13.5 Å². The summed E-state index contributed by atoms with van der Waals surface area (Å²) < 4.78 is 0. The smallest absolute Gasteiger partial charge is 0.224 e. The molecule has 0 atom stereocenters. The van der Waals surface area contributed by atoms with Gasteiger partial charge in [-0.05, 0) is 18.6 Å². The van der Waals surface area contributed by atoms with Crippen molar-refractivity contribution in [1.82, 2.24) is 15.3 Å². The third kappa shape index (κ3) is 3.70. The monoisotopic (exact) mass is 283 g/mol. The van der Waals surface area contributed by atoms with Gasteiger partial charge in [0.2, 0.25) is 5.95 Å². The van der Waals surface area contributed by atoms with Crippen LogP contribution < -0.4 is 15.5 Å². The van der Waals surface area contributed by atoms with Gasteiger partial charge in [-0.25, -0.2) is 4.98 Å². The number of anilines is 2. The number of benzene rings is 1. The minimum absolute atomic E-state index is 0.687. The minimum atomic E-state index is 0.687. The number of rotatable bonds is 4. The second-order valence-electron chi connectivity index (χ2n) is 5.31. The first-order valence-corrected chi connectivity index (χ1v) is 7.39. The Bertz CT molecular complexity index is 575. The van der Waals surface area contributed by atoms with Crippen LogP contribution in [0, 0.1) is 6.92 Å². The molecule has 1 aromatic heterocycles. The molecule has 110 valence electrons. The van der Waals surface area contributed by atoms with E-state index in [9.17, 15) is 0 Å². The third-order valence-electron chi connectivity index (χ3n) is 3.65. The Morgan fingerprint density at radius 2 is 1.90 bits per heavy atom. The van der Waals surface area contributed by atoms with Crippen molar-refractivity contribution in [3.05, 3.63) is 47.7 Å². The van der Waals surface area contributed by atoms with Crippen molar-refractivity contribution >= 4 is 11.8 Å². The summed E-state index contributed by atoms with van der Waals surface area (Å²) in [4.78, 5) is 11.2. The molecule has 0 radical (unpaired) electrons. The average molecular weight is 283 g/mol. The van der Waals surface area contributed by atoms with Crippen LogP contribution in [0.2, 0.25) is 0 Å². The van der Waals surface area contributed by atoms with E-state index < -0.39 is 0 Å². The predicted octanol–water partition coefficient (Wildman–Crippen LogP) is 1.81. The lowest BCUT2D eigenvalue weighted by atomic mass is 10.1. The van der Waals surface area contributed by atoms with Gasteiger partial charge in [0.05, 0.1) is 0 Å². The molecule has 0 bridgehead atoms. The van der Waals surface area contributed by atoms with Gasteiger partial charge in [-0.3, -0.25) is 0 Å². The maximum atomic E-state index is 4.60. The second-order valence-corrected chi connectivity index (χ2v) is 5.31. The molecule has 1 aromatic carbocycles. The number of nitrogens with zero attached hydrogens (tertiary/aromatic N) is 3. The van der Waals surface area contributed by atoms with Crippen molar-refractivity contribution in [3.63, 3.8) is 0 Å².